The molecule has 0 saturated carbocycles. The Morgan fingerprint density at radius 3 is 1.80 bits per heavy atom. The molecule has 0 atom stereocenters. The molecule has 5 nitrogen and oxygen atoms in total. The number of rotatable bonds is 13. The molecular formula is C15H30N2O3. The number of hydrogen-bond acceptors (Lipinski definition) is 4. The van der Waals surface area contributed by atoms with Crippen LogP contribution in [-0.2, 0) is 9.59 Å². The minimum absolute atomic E-state index is 0.0947. The topological polar surface area (TPSA) is 90.2 Å². The molecule has 0 fully saturated rings. The Labute approximate surface area is 122 Å². The maximum absolute atomic E-state index is 10.2. The van der Waals surface area contributed by atoms with Crippen molar-refractivity contribution in [2.45, 2.75) is 71.1 Å². The van der Waals surface area contributed by atoms with E-state index in [1.54, 1.807) is 0 Å². The van der Waals surface area contributed by atoms with Crippen LogP contribution in [0.1, 0.15) is 71.1 Å². The van der Waals surface area contributed by atoms with Crippen molar-refractivity contribution < 1.29 is 14.7 Å². The molecule has 0 rings (SSSR count). The van der Waals surface area contributed by atoms with Crippen LogP contribution in [-0.4, -0.2) is 30.2 Å². The average molecular weight is 286 g/mol. The Kier molecular flexibility index (Phi) is 21.3. The first-order chi connectivity index (χ1) is 9.68. The maximum Gasteiger partial charge on any atom is 0.317 e. The molecule has 20 heavy (non-hydrogen) atoms. The van der Waals surface area contributed by atoms with Crippen LogP contribution in [0.15, 0.2) is 0 Å². The normalized spacial score (nSPS) is 9.45. The molecule has 0 unspecified atom stereocenters. The smallest absolute Gasteiger partial charge is 0.317 e. The zero-order chi connectivity index (χ0) is 15.5. The second-order valence-electron chi connectivity index (χ2n) is 4.85. The lowest BCUT2D eigenvalue weighted by atomic mass is 10.1. The van der Waals surface area contributed by atoms with Gasteiger partial charge in [-0.3, -0.25) is 4.79 Å². The molecule has 0 heterocycles. The van der Waals surface area contributed by atoms with E-state index in [2.05, 4.69) is 12.2 Å². The number of carboxylic acid groups (broad SMARTS) is 1. The highest BCUT2D eigenvalue weighted by molar-refractivity contribution is 5.68. The van der Waals surface area contributed by atoms with Crippen LogP contribution in [0.25, 0.3) is 0 Å². The molecule has 0 aliphatic heterocycles. The lowest BCUT2D eigenvalue weighted by Crippen LogP contribution is -2.23. The maximum atomic E-state index is 10.2. The van der Waals surface area contributed by atoms with Gasteiger partial charge < -0.3 is 10.4 Å². The second-order valence-corrected chi connectivity index (χ2v) is 4.85. The summed E-state index contributed by atoms with van der Waals surface area (Å²) >= 11 is 0. The Morgan fingerprint density at radius 1 is 1.00 bits per heavy atom. The molecule has 0 saturated heterocycles. The Balaban J connectivity index is 0. The van der Waals surface area contributed by atoms with Crippen LogP contribution in [0, 0.1) is 5.41 Å². The molecule has 0 amide bonds. The summed E-state index contributed by atoms with van der Waals surface area (Å²) in [5, 5.41) is 16.7. The number of carboxylic acids is 1. The Bertz CT molecular complexity index is 239. The monoisotopic (exact) mass is 286 g/mol. The van der Waals surface area contributed by atoms with E-state index in [4.69, 9.17) is 15.3 Å². The first-order valence-corrected chi connectivity index (χ1v) is 7.65. The van der Waals surface area contributed by atoms with Crippen LogP contribution in [0.3, 0.4) is 0 Å². The van der Waals surface area contributed by atoms with Crippen molar-refractivity contribution in [3.8, 4) is 0 Å². The SMILES string of the molecule is CCCCCCCCCCCCNCC(=O)O.N=C=O. The molecule has 0 radical (unpaired) electrons. The fourth-order valence-corrected chi connectivity index (χ4v) is 1.93. The van der Waals surface area contributed by atoms with E-state index >= 15 is 0 Å². The molecule has 3 N–H and O–H groups in total. The summed E-state index contributed by atoms with van der Waals surface area (Å²) in [4.78, 5) is 18.6. The first kappa shape index (κ1) is 21.1. The van der Waals surface area contributed by atoms with Crippen LogP contribution < -0.4 is 5.32 Å². The van der Waals surface area contributed by atoms with E-state index in [1.807, 2.05) is 0 Å². The van der Waals surface area contributed by atoms with E-state index in [0.717, 1.165) is 19.0 Å². The lowest BCUT2D eigenvalue weighted by Gasteiger charge is -2.03. The minimum atomic E-state index is -0.767. The fourth-order valence-electron chi connectivity index (χ4n) is 1.93. The van der Waals surface area contributed by atoms with E-state index in [1.165, 1.54) is 57.8 Å². The lowest BCUT2D eigenvalue weighted by molar-refractivity contribution is -0.135. The molecule has 0 spiro atoms. The van der Waals surface area contributed by atoms with Gasteiger partial charge in [0.1, 0.15) is 0 Å². The van der Waals surface area contributed by atoms with Crippen molar-refractivity contribution in [3.05, 3.63) is 0 Å². The molecular weight excluding hydrogens is 256 g/mol. The van der Waals surface area contributed by atoms with Gasteiger partial charge in [0.15, 0.2) is 0 Å². The van der Waals surface area contributed by atoms with Gasteiger partial charge >= 0.3 is 5.97 Å². The molecule has 0 bridgehead atoms. The summed E-state index contributed by atoms with van der Waals surface area (Å²) in [5.41, 5.74) is 0. The van der Waals surface area contributed by atoms with Gasteiger partial charge in [-0.05, 0) is 13.0 Å². The summed E-state index contributed by atoms with van der Waals surface area (Å²) < 4.78 is 0. The summed E-state index contributed by atoms with van der Waals surface area (Å²) in [6.07, 6.45) is 14.0. The van der Waals surface area contributed by atoms with Gasteiger partial charge in [-0.15, -0.1) is 0 Å². The van der Waals surface area contributed by atoms with E-state index in [9.17, 15) is 4.79 Å². The quantitative estimate of drug-likeness (QED) is 0.275. The van der Waals surface area contributed by atoms with E-state index in [-0.39, 0.29) is 6.54 Å². The molecule has 0 aromatic carbocycles. The number of carbonyl (C=O) groups excluding carboxylic acids is 1. The van der Waals surface area contributed by atoms with Gasteiger partial charge in [-0.1, -0.05) is 64.7 Å². The highest BCUT2D eigenvalue weighted by Crippen LogP contribution is 2.10. The predicted molar refractivity (Wildman–Crippen MR) is 80.8 cm³/mol. The average Bonchev–Trinajstić information content (AvgIpc) is 2.40. The fraction of sp³-hybridized carbons (Fsp3) is 0.867. The largest absolute Gasteiger partial charge is 0.480 e. The summed E-state index contributed by atoms with van der Waals surface area (Å²) in [6, 6.07) is 0. The Hall–Kier alpha value is -1.19. The molecule has 0 aromatic heterocycles. The van der Waals surface area contributed by atoms with Crippen LogP contribution in [0.4, 0.5) is 0 Å². The zero-order valence-corrected chi connectivity index (χ0v) is 12.7. The molecule has 118 valence electrons. The van der Waals surface area contributed by atoms with Gasteiger partial charge in [0.25, 0.3) is 0 Å². The van der Waals surface area contributed by atoms with E-state index < -0.39 is 5.97 Å². The van der Waals surface area contributed by atoms with Crippen molar-refractivity contribution in [1.29, 1.82) is 5.41 Å². The number of hydrogen-bond donors (Lipinski definition) is 3. The minimum Gasteiger partial charge on any atom is -0.480 e. The number of nitrogens with one attached hydrogen (secondary N) is 2. The molecule has 0 aliphatic rings. The number of carbonyl (C=O) groups is 1. The van der Waals surface area contributed by atoms with Crippen molar-refractivity contribution in [3.63, 3.8) is 0 Å². The third-order valence-corrected chi connectivity index (χ3v) is 2.98. The number of isocyanates is 1. The number of aliphatic carboxylic acids is 1. The van der Waals surface area contributed by atoms with Crippen molar-refractivity contribution in [2.75, 3.05) is 13.1 Å². The molecule has 0 aromatic rings. The zero-order valence-electron chi connectivity index (χ0n) is 12.7. The van der Waals surface area contributed by atoms with Crippen molar-refractivity contribution >= 4 is 12.0 Å². The molecule has 0 aliphatic carbocycles. The van der Waals surface area contributed by atoms with Crippen molar-refractivity contribution in [2.24, 2.45) is 0 Å². The second kappa shape index (κ2) is 20.1. The summed E-state index contributed by atoms with van der Waals surface area (Å²) in [6.45, 7) is 3.18. The van der Waals surface area contributed by atoms with Gasteiger partial charge in [0.05, 0.1) is 6.54 Å². The number of unbranched alkanes of at least 4 members (excludes halogenated alkanes) is 9. The van der Waals surface area contributed by atoms with Gasteiger partial charge in [-0.2, -0.15) is 0 Å². The van der Waals surface area contributed by atoms with Crippen LogP contribution in [0.5, 0.6) is 0 Å². The Morgan fingerprint density at radius 2 is 1.40 bits per heavy atom. The van der Waals surface area contributed by atoms with Crippen molar-refractivity contribution in [1.82, 2.24) is 5.32 Å². The van der Waals surface area contributed by atoms with Gasteiger partial charge in [0, 0.05) is 0 Å². The van der Waals surface area contributed by atoms with E-state index in [0.29, 0.717) is 0 Å². The third-order valence-electron chi connectivity index (χ3n) is 2.98. The highest BCUT2D eigenvalue weighted by atomic mass is 16.4. The van der Waals surface area contributed by atoms with Crippen LogP contribution >= 0.6 is 0 Å². The summed E-state index contributed by atoms with van der Waals surface area (Å²) in [5.74, 6) is -0.767. The predicted octanol–water partition coefficient (Wildman–Crippen LogP) is 3.48. The van der Waals surface area contributed by atoms with Crippen LogP contribution in [0.2, 0.25) is 0 Å². The third kappa shape index (κ3) is 25.6. The van der Waals surface area contributed by atoms with Gasteiger partial charge in [0.2, 0.25) is 6.08 Å². The summed E-state index contributed by atoms with van der Waals surface area (Å²) in [7, 11) is 0. The first-order valence-electron chi connectivity index (χ1n) is 7.65. The standard InChI is InChI=1S/C14H29NO2.CHNO/c1-2-3-4-5-6-7-8-9-10-11-12-15-13-14(16)17;2-1-3/h15H,2-13H2,1H3,(H,16,17);2H. The highest BCUT2D eigenvalue weighted by Gasteiger charge is 1.95. The van der Waals surface area contributed by atoms with Gasteiger partial charge in [-0.25, -0.2) is 10.2 Å². The molecule has 5 heteroatoms.